The summed E-state index contributed by atoms with van der Waals surface area (Å²) in [5.74, 6) is 0.913. The summed E-state index contributed by atoms with van der Waals surface area (Å²) in [5, 5.41) is 0. The molecule has 0 bridgehead atoms. The zero-order valence-electron chi connectivity index (χ0n) is 16.0. The molecule has 0 aliphatic heterocycles. The van der Waals surface area contributed by atoms with Crippen LogP contribution in [0.4, 0.5) is 5.69 Å². The predicted molar refractivity (Wildman–Crippen MR) is 105 cm³/mol. The number of aryl methyl sites for hydroxylation is 2. The lowest BCUT2D eigenvalue weighted by Gasteiger charge is -2.22. The van der Waals surface area contributed by atoms with E-state index in [2.05, 4.69) is 16.9 Å². The molecular formula is C21H29N3O2. The molecule has 0 saturated heterocycles. The van der Waals surface area contributed by atoms with Gasteiger partial charge in [0, 0.05) is 37.2 Å². The number of amides is 1. The number of carbonyl (C=O) groups excluding carboxylic acids is 2. The third kappa shape index (κ3) is 5.04. The Hall–Kier alpha value is -2.43. The number of H-pyrrole nitrogens is 1. The Morgan fingerprint density at radius 2 is 1.77 bits per heavy atom. The first-order chi connectivity index (χ1) is 12.6. The Labute approximate surface area is 155 Å². The topological polar surface area (TPSA) is 66.1 Å². The van der Waals surface area contributed by atoms with Crippen LogP contribution in [-0.2, 0) is 17.6 Å². The van der Waals surface area contributed by atoms with Gasteiger partial charge < -0.3 is 9.88 Å². The number of carbonyl (C=O) groups is 2. The van der Waals surface area contributed by atoms with E-state index in [1.807, 2.05) is 44.2 Å². The molecule has 1 aromatic carbocycles. The molecule has 5 heteroatoms. The quantitative estimate of drug-likeness (QED) is 0.645. The number of aromatic nitrogens is 2. The number of benzene rings is 1. The van der Waals surface area contributed by atoms with Gasteiger partial charge in [0.1, 0.15) is 11.5 Å². The maximum atomic E-state index is 12.7. The summed E-state index contributed by atoms with van der Waals surface area (Å²) in [6.45, 7) is 6.47. The number of hydrogen-bond donors (Lipinski definition) is 1. The Morgan fingerprint density at radius 3 is 2.38 bits per heavy atom. The first kappa shape index (κ1) is 19.9. The van der Waals surface area contributed by atoms with Gasteiger partial charge in [0.25, 0.3) is 0 Å². The van der Waals surface area contributed by atoms with Crippen LogP contribution in [-0.4, -0.2) is 28.2 Å². The van der Waals surface area contributed by atoms with Gasteiger partial charge in [-0.2, -0.15) is 0 Å². The first-order valence-electron chi connectivity index (χ1n) is 9.57. The van der Waals surface area contributed by atoms with Gasteiger partial charge in [-0.3, -0.25) is 9.59 Å². The van der Waals surface area contributed by atoms with Crippen LogP contribution in [0.25, 0.3) is 0 Å². The van der Waals surface area contributed by atoms with Crippen LogP contribution in [0.3, 0.4) is 0 Å². The molecule has 0 fully saturated rings. The first-order valence-corrected chi connectivity index (χ1v) is 9.57. The second-order valence-electron chi connectivity index (χ2n) is 6.42. The maximum Gasteiger partial charge on any atom is 0.226 e. The van der Waals surface area contributed by atoms with Crippen LogP contribution in [0.5, 0.6) is 0 Å². The number of aromatic amines is 1. The van der Waals surface area contributed by atoms with Crippen molar-refractivity contribution in [2.24, 2.45) is 0 Å². The number of para-hydroxylation sites is 1. The number of hydrogen-bond acceptors (Lipinski definition) is 3. The van der Waals surface area contributed by atoms with Crippen molar-refractivity contribution >= 4 is 17.4 Å². The van der Waals surface area contributed by atoms with Crippen molar-refractivity contribution < 1.29 is 9.59 Å². The zero-order valence-corrected chi connectivity index (χ0v) is 16.0. The second-order valence-corrected chi connectivity index (χ2v) is 6.42. The molecular weight excluding hydrogens is 326 g/mol. The molecule has 26 heavy (non-hydrogen) atoms. The summed E-state index contributed by atoms with van der Waals surface area (Å²) < 4.78 is 0. The van der Waals surface area contributed by atoms with E-state index in [0.717, 1.165) is 42.9 Å². The normalized spacial score (nSPS) is 10.7. The lowest BCUT2D eigenvalue weighted by Crippen LogP contribution is -2.32. The van der Waals surface area contributed by atoms with Gasteiger partial charge in [0.2, 0.25) is 5.91 Å². The molecule has 0 saturated carbocycles. The molecule has 2 aromatic rings. The van der Waals surface area contributed by atoms with E-state index in [9.17, 15) is 9.59 Å². The molecule has 0 spiro atoms. The van der Waals surface area contributed by atoms with Crippen LogP contribution in [0.2, 0.25) is 0 Å². The maximum absolute atomic E-state index is 12.7. The summed E-state index contributed by atoms with van der Waals surface area (Å²) >= 11 is 0. The van der Waals surface area contributed by atoms with Crippen LogP contribution in [0, 0.1) is 0 Å². The minimum absolute atomic E-state index is 0.00863. The largest absolute Gasteiger partial charge is 0.345 e. The fourth-order valence-electron chi connectivity index (χ4n) is 2.99. The molecule has 5 nitrogen and oxygen atoms in total. The Kier molecular flexibility index (Phi) is 7.57. The smallest absolute Gasteiger partial charge is 0.226 e. The molecule has 1 heterocycles. The van der Waals surface area contributed by atoms with E-state index < -0.39 is 0 Å². The standard InChI is InChI=1S/C21H29N3O2/c1-4-10-19-22-17(6-3)21(23-19)18(25)14-15-24(20(26)11-5-2)16-12-8-7-9-13-16/h7-9,12-13H,4-6,10-11,14-15H2,1-3H3,(H,22,23). The molecule has 0 aliphatic rings. The Balaban J connectivity index is 2.13. The van der Waals surface area contributed by atoms with Crippen molar-refractivity contribution in [2.45, 2.75) is 59.3 Å². The van der Waals surface area contributed by atoms with Crippen LogP contribution < -0.4 is 4.90 Å². The minimum Gasteiger partial charge on any atom is -0.345 e. The summed E-state index contributed by atoms with van der Waals surface area (Å²) in [5.41, 5.74) is 2.26. The third-order valence-electron chi connectivity index (χ3n) is 4.33. The van der Waals surface area contributed by atoms with E-state index in [1.165, 1.54) is 0 Å². The molecule has 0 aliphatic carbocycles. The van der Waals surface area contributed by atoms with E-state index in [4.69, 9.17) is 0 Å². The highest BCUT2D eigenvalue weighted by Crippen LogP contribution is 2.17. The molecule has 2 rings (SSSR count). The molecule has 1 aromatic heterocycles. The number of Topliss-reactive ketones (excluding diaryl/α,β-unsaturated/α-hetero) is 1. The van der Waals surface area contributed by atoms with Gasteiger partial charge in [0.15, 0.2) is 5.78 Å². The lowest BCUT2D eigenvalue weighted by atomic mass is 10.1. The number of rotatable bonds is 10. The Bertz CT molecular complexity index is 722. The van der Waals surface area contributed by atoms with Crippen molar-refractivity contribution in [1.82, 2.24) is 9.97 Å². The summed E-state index contributed by atoms with van der Waals surface area (Å²) in [6.07, 6.45) is 4.11. The molecule has 140 valence electrons. The molecule has 0 radical (unpaired) electrons. The van der Waals surface area contributed by atoms with Gasteiger partial charge in [-0.25, -0.2) is 4.98 Å². The highest BCUT2D eigenvalue weighted by molar-refractivity contribution is 5.98. The number of anilines is 1. The van der Waals surface area contributed by atoms with Crippen molar-refractivity contribution in [3.63, 3.8) is 0 Å². The zero-order chi connectivity index (χ0) is 18.9. The van der Waals surface area contributed by atoms with Crippen LogP contribution in [0.15, 0.2) is 30.3 Å². The van der Waals surface area contributed by atoms with Crippen LogP contribution in [0.1, 0.15) is 68.5 Å². The van der Waals surface area contributed by atoms with Gasteiger partial charge in [-0.05, 0) is 31.4 Å². The fraction of sp³-hybridized carbons (Fsp3) is 0.476. The highest BCUT2D eigenvalue weighted by Gasteiger charge is 2.20. The summed E-state index contributed by atoms with van der Waals surface area (Å²) in [4.78, 5) is 34.7. The second kappa shape index (κ2) is 9.90. The van der Waals surface area contributed by atoms with E-state index in [0.29, 0.717) is 18.7 Å². The van der Waals surface area contributed by atoms with Gasteiger partial charge in [0.05, 0.1) is 0 Å². The SMILES string of the molecule is CCCC(=O)N(CCC(=O)c1nc(CCC)[nH]c1CC)c1ccccc1. The van der Waals surface area contributed by atoms with E-state index in [-0.39, 0.29) is 18.1 Å². The van der Waals surface area contributed by atoms with Crippen molar-refractivity contribution in [2.75, 3.05) is 11.4 Å². The van der Waals surface area contributed by atoms with Gasteiger partial charge >= 0.3 is 0 Å². The molecule has 1 N–H and O–H groups in total. The third-order valence-corrected chi connectivity index (χ3v) is 4.33. The molecule has 1 amide bonds. The predicted octanol–water partition coefficient (Wildman–Crippen LogP) is 4.33. The highest BCUT2D eigenvalue weighted by atomic mass is 16.2. The summed E-state index contributed by atoms with van der Waals surface area (Å²) in [7, 11) is 0. The van der Waals surface area contributed by atoms with Crippen molar-refractivity contribution in [3.05, 3.63) is 47.5 Å². The van der Waals surface area contributed by atoms with Crippen molar-refractivity contribution in [3.8, 4) is 0 Å². The number of ketones is 1. The van der Waals surface area contributed by atoms with Gasteiger partial charge in [-0.1, -0.05) is 39.0 Å². The number of nitrogens with zero attached hydrogens (tertiary/aromatic N) is 2. The fourth-order valence-corrected chi connectivity index (χ4v) is 2.99. The monoisotopic (exact) mass is 355 g/mol. The minimum atomic E-state index is -0.00863. The van der Waals surface area contributed by atoms with E-state index >= 15 is 0 Å². The Morgan fingerprint density at radius 1 is 1.04 bits per heavy atom. The molecule has 0 unspecified atom stereocenters. The average molecular weight is 355 g/mol. The average Bonchev–Trinajstić information content (AvgIpc) is 3.06. The number of imidazole rings is 1. The lowest BCUT2D eigenvalue weighted by molar-refractivity contribution is -0.118. The van der Waals surface area contributed by atoms with Crippen LogP contribution >= 0.6 is 0 Å². The number of nitrogens with one attached hydrogen (secondary N) is 1. The van der Waals surface area contributed by atoms with E-state index in [1.54, 1.807) is 4.90 Å². The summed E-state index contributed by atoms with van der Waals surface area (Å²) in [6, 6.07) is 9.54. The van der Waals surface area contributed by atoms with Gasteiger partial charge in [-0.15, -0.1) is 0 Å². The van der Waals surface area contributed by atoms with Crippen molar-refractivity contribution in [1.29, 1.82) is 0 Å². The molecule has 0 atom stereocenters.